The highest BCUT2D eigenvalue weighted by atomic mass is 16.3. The Hall–Kier alpha value is -0.300. The average molecular weight is 220 g/mol. The van der Waals surface area contributed by atoms with E-state index in [4.69, 9.17) is 0 Å². The molecule has 0 saturated heterocycles. The monoisotopic (exact) mass is 220 g/mol. The normalized spacial score (nSPS) is 53.7. The molecule has 0 spiro atoms. The van der Waals surface area contributed by atoms with Crippen molar-refractivity contribution in [2.24, 2.45) is 22.7 Å². The highest BCUT2D eigenvalue weighted by Gasteiger charge is 2.67. The molecule has 4 unspecified atom stereocenters. The van der Waals surface area contributed by atoms with E-state index >= 15 is 0 Å². The Kier molecular flexibility index (Phi) is 1.86. The number of fused-ring (bicyclic) bond motifs is 3. The molecule has 90 valence electrons. The molecule has 1 nitrogen and oxygen atoms in total. The van der Waals surface area contributed by atoms with Crippen LogP contribution in [-0.4, -0.2) is 10.7 Å². The van der Waals surface area contributed by atoms with E-state index in [1.165, 1.54) is 24.8 Å². The van der Waals surface area contributed by atoms with Crippen molar-refractivity contribution in [3.63, 3.8) is 0 Å². The van der Waals surface area contributed by atoms with E-state index in [0.29, 0.717) is 5.92 Å². The van der Waals surface area contributed by atoms with Gasteiger partial charge in [0, 0.05) is 5.41 Å². The van der Waals surface area contributed by atoms with Gasteiger partial charge in [0.25, 0.3) is 0 Å². The van der Waals surface area contributed by atoms with Gasteiger partial charge in [-0.3, -0.25) is 0 Å². The lowest BCUT2D eigenvalue weighted by Crippen LogP contribution is -2.38. The summed E-state index contributed by atoms with van der Waals surface area (Å²) in [5.41, 5.74) is 1.36. The molecule has 4 atom stereocenters. The van der Waals surface area contributed by atoms with Crippen LogP contribution in [0.15, 0.2) is 11.6 Å². The van der Waals surface area contributed by atoms with Gasteiger partial charge < -0.3 is 5.11 Å². The number of rotatable bonds is 0. The minimum atomic E-state index is -0.467. The molecule has 0 bridgehead atoms. The fourth-order valence-corrected chi connectivity index (χ4v) is 4.38. The van der Waals surface area contributed by atoms with Crippen LogP contribution in [0.4, 0.5) is 0 Å². The minimum Gasteiger partial charge on any atom is -0.385 e. The summed E-state index contributed by atoms with van der Waals surface area (Å²) in [5, 5.41) is 11.1. The zero-order valence-electron chi connectivity index (χ0n) is 11.0. The summed E-state index contributed by atoms with van der Waals surface area (Å²) in [6, 6.07) is 0. The van der Waals surface area contributed by atoms with Gasteiger partial charge in [-0.05, 0) is 48.5 Å². The summed E-state index contributed by atoms with van der Waals surface area (Å²) in [5.74, 6) is 1.33. The van der Waals surface area contributed by atoms with Gasteiger partial charge >= 0.3 is 0 Å². The van der Waals surface area contributed by atoms with E-state index in [1.54, 1.807) is 0 Å². The van der Waals surface area contributed by atoms with Crippen molar-refractivity contribution >= 4 is 0 Å². The van der Waals surface area contributed by atoms with Gasteiger partial charge in [-0.2, -0.15) is 0 Å². The van der Waals surface area contributed by atoms with E-state index in [-0.39, 0.29) is 10.8 Å². The van der Waals surface area contributed by atoms with Gasteiger partial charge in [-0.1, -0.05) is 33.8 Å². The van der Waals surface area contributed by atoms with E-state index in [1.807, 2.05) is 0 Å². The lowest BCUT2D eigenvalue weighted by atomic mass is 9.78. The maximum Gasteiger partial charge on any atom is 0.0915 e. The molecule has 0 aliphatic heterocycles. The maximum absolute atomic E-state index is 11.1. The molecular weight excluding hydrogens is 196 g/mol. The SMILES string of the molecule is CC1CCC2(O)C1=CC(C)(C)CC1CC12C. The van der Waals surface area contributed by atoms with Crippen LogP contribution in [0.2, 0.25) is 0 Å². The lowest BCUT2D eigenvalue weighted by Gasteiger charge is -2.33. The van der Waals surface area contributed by atoms with Crippen LogP contribution in [0.3, 0.4) is 0 Å². The molecule has 0 aromatic heterocycles. The summed E-state index contributed by atoms with van der Waals surface area (Å²) >= 11 is 0. The third kappa shape index (κ3) is 1.16. The number of aliphatic hydroxyl groups is 1. The highest BCUT2D eigenvalue weighted by molar-refractivity contribution is 5.36. The van der Waals surface area contributed by atoms with E-state index in [0.717, 1.165) is 12.3 Å². The third-order valence-electron chi connectivity index (χ3n) is 5.62. The predicted molar refractivity (Wildman–Crippen MR) is 66.0 cm³/mol. The second-order valence-electron chi connectivity index (χ2n) is 7.41. The predicted octanol–water partition coefficient (Wildman–Crippen LogP) is 3.53. The Bertz CT molecular complexity index is 368. The molecule has 3 aliphatic carbocycles. The van der Waals surface area contributed by atoms with Crippen molar-refractivity contribution in [2.45, 2.75) is 59.0 Å². The molecule has 0 radical (unpaired) electrons. The first-order chi connectivity index (χ1) is 7.29. The molecule has 0 aromatic carbocycles. The third-order valence-corrected chi connectivity index (χ3v) is 5.62. The van der Waals surface area contributed by atoms with Crippen LogP contribution in [-0.2, 0) is 0 Å². The van der Waals surface area contributed by atoms with Gasteiger partial charge in [0.15, 0.2) is 0 Å². The van der Waals surface area contributed by atoms with Gasteiger partial charge in [-0.15, -0.1) is 0 Å². The van der Waals surface area contributed by atoms with E-state index < -0.39 is 5.60 Å². The summed E-state index contributed by atoms with van der Waals surface area (Å²) in [7, 11) is 0. The zero-order valence-corrected chi connectivity index (χ0v) is 11.0. The van der Waals surface area contributed by atoms with Gasteiger partial charge in [0.2, 0.25) is 0 Å². The molecule has 1 N–H and O–H groups in total. The maximum atomic E-state index is 11.1. The van der Waals surface area contributed by atoms with E-state index in [2.05, 4.69) is 33.8 Å². The fourth-order valence-electron chi connectivity index (χ4n) is 4.38. The average Bonchev–Trinajstić information content (AvgIpc) is 2.73. The first kappa shape index (κ1) is 10.8. The summed E-state index contributed by atoms with van der Waals surface area (Å²) in [4.78, 5) is 0. The quantitative estimate of drug-likeness (QED) is 0.619. The second kappa shape index (κ2) is 2.75. The summed E-state index contributed by atoms with van der Waals surface area (Å²) < 4.78 is 0. The molecule has 2 fully saturated rings. The van der Waals surface area contributed by atoms with Crippen molar-refractivity contribution in [3.8, 4) is 0 Å². The van der Waals surface area contributed by atoms with Crippen molar-refractivity contribution < 1.29 is 5.11 Å². The van der Waals surface area contributed by atoms with Crippen molar-refractivity contribution in [2.75, 3.05) is 0 Å². The van der Waals surface area contributed by atoms with Gasteiger partial charge in [0.05, 0.1) is 5.60 Å². The molecular formula is C15H24O. The summed E-state index contributed by atoms with van der Waals surface area (Å²) in [6.45, 7) is 9.25. The topological polar surface area (TPSA) is 20.2 Å². The second-order valence-corrected chi connectivity index (χ2v) is 7.41. The first-order valence-corrected chi connectivity index (χ1v) is 6.74. The Morgan fingerprint density at radius 2 is 1.94 bits per heavy atom. The smallest absolute Gasteiger partial charge is 0.0915 e. The Labute approximate surface area is 98.9 Å². The molecule has 1 heteroatoms. The highest BCUT2D eigenvalue weighted by Crippen LogP contribution is 2.70. The molecule has 3 aliphatic rings. The molecule has 0 aromatic rings. The molecule has 0 heterocycles. The molecule has 16 heavy (non-hydrogen) atoms. The van der Waals surface area contributed by atoms with Crippen molar-refractivity contribution in [3.05, 3.63) is 11.6 Å². The van der Waals surface area contributed by atoms with Crippen LogP contribution in [0, 0.1) is 22.7 Å². The minimum absolute atomic E-state index is 0.192. The Balaban J connectivity index is 2.12. The first-order valence-electron chi connectivity index (χ1n) is 6.74. The van der Waals surface area contributed by atoms with Crippen LogP contribution in [0.5, 0.6) is 0 Å². The summed E-state index contributed by atoms with van der Waals surface area (Å²) in [6.07, 6.45) is 7.05. The van der Waals surface area contributed by atoms with Crippen LogP contribution >= 0.6 is 0 Å². The molecule has 3 rings (SSSR count). The molecule has 0 amide bonds. The number of hydrogen-bond donors (Lipinski definition) is 1. The van der Waals surface area contributed by atoms with Crippen LogP contribution < -0.4 is 0 Å². The standard InChI is InChI=1S/C15H24O/c1-10-5-6-15(16)12(10)9-13(2,3)7-11-8-14(11,15)4/h9-11,16H,5-8H2,1-4H3. The fraction of sp³-hybridized carbons (Fsp3) is 0.867. The number of hydrogen-bond acceptors (Lipinski definition) is 1. The lowest BCUT2D eigenvalue weighted by molar-refractivity contribution is 0.00855. The van der Waals surface area contributed by atoms with Crippen LogP contribution in [0.1, 0.15) is 53.4 Å². The number of allylic oxidation sites excluding steroid dienone is 1. The van der Waals surface area contributed by atoms with Gasteiger partial charge in [0.1, 0.15) is 0 Å². The Morgan fingerprint density at radius 1 is 1.25 bits per heavy atom. The largest absolute Gasteiger partial charge is 0.385 e. The molecule has 2 saturated carbocycles. The van der Waals surface area contributed by atoms with Crippen molar-refractivity contribution in [1.29, 1.82) is 0 Å². The van der Waals surface area contributed by atoms with Crippen molar-refractivity contribution in [1.82, 2.24) is 0 Å². The zero-order chi connectivity index (χ0) is 11.8. The van der Waals surface area contributed by atoms with Gasteiger partial charge in [-0.25, -0.2) is 0 Å². The van der Waals surface area contributed by atoms with E-state index in [9.17, 15) is 5.11 Å². The Morgan fingerprint density at radius 3 is 2.62 bits per heavy atom. The van der Waals surface area contributed by atoms with Crippen LogP contribution in [0.25, 0.3) is 0 Å².